The highest BCUT2D eigenvalue weighted by Gasteiger charge is 2.24. The lowest BCUT2D eigenvalue weighted by Crippen LogP contribution is -2.40. The smallest absolute Gasteiger partial charge is 0.194 e. The summed E-state index contributed by atoms with van der Waals surface area (Å²) < 4.78 is 16.2. The number of ether oxygens (including phenoxy) is 3. The van der Waals surface area contributed by atoms with Gasteiger partial charge >= 0.3 is 0 Å². The average Bonchev–Trinajstić information content (AvgIpc) is 3.12. The molecule has 1 saturated heterocycles. The van der Waals surface area contributed by atoms with E-state index >= 15 is 0 Å². The van der Waals surface area contributed by atoms with Gasteiger partial charge in [-0.1, -0.05) is 12.0 Å². The maximum atomic E-state index is 5.56. The Bertz CT molecular complexity index is 640. The summed E-state index contributed by atoms with van der Waals surface area (Å²) in [5, 5.41) is 3.38. The summed E-state index contributed by atoms with van der Waals surface area (Å²) in [5.74, 6) is 5.29. The van der Waals surface area contributed by atoms with Crippen molar-refractivity contribution in [3.63, 3.8) is 0 Å². The van der Waals surface area contributed by atoms with Crippen LogP contribution >= 0.6 is 0 Å². The summed E-state index contributed by atoms with van der Waals surface area (Å²) in [6, 6.07) is 5.81. The van der Waals surface area contributed by atoms with Gasteiger partial charge in [0.15, 0.2) is 17.5 Å². The van der Waals surface area contributed by atoms with Gasteiger partial charge in [0.2, 0.25) is 0 Å². The number of hydrogen-bond acceptors (Lipinski definition) is 4. The van der Waals surface area contributed by atoms with Crippen molar-refractivity contribution >= 4 is 5.96 Å². The van der Waals surface area contributed by atoms with Crippen molar-refractivity contribution < 1.29 is 14.2 Å². The van der Waals surface area contributed by atoms with Crippen molar-refractivity contribution in [2.75, 3.05) is 47.1 Å². The number of nitrogens with zero attached hydrogens (tertiary/aromatic N) is 2. The van der Waals surface area contributed by atoms with Crippen molar-refractivity contribution in [3.8, 4) is 23.8 Å². The van der Waals surface area contributed by atoms with Gasteiger partial charge in [0.05, 0.1) is 20.3 Å². The number of methoxy groups -OCH3 is 2. The minimum Gasteiger partial charge on any atom is -0.493 e. The van der Waals surface area contributed by atoms with Gasteiger partial charge in [-0.3, -0.25) is 0 Å². The lowest BCUT2D eigenvalue weighted by atomic mass is 10.1. The zero-order valence-electron chi connectivity index (χ0n) is 16.0. The molecule has 0 saturated carbocycles. The van der Waals surface area contributed by atoms with Crippen LogP contribution in [-0.4, -0.2) is 57.9 Å². The molecule has 0 aliphatic carbocycles. The fourth-order valence-electron chi connectivity index (χ4n) is 3.04. The Morgan fingerprint density at radius 3 is 2.92 bits per heavy atom. The van der Waals surface area contributed by atoms with E-state index in [0.717, 1.165) is 44.2 Å². The normalized spacial score (nSPS) is 17.1. The number of nitrogens with one attached hydrogen (secondary N) is 1. The van der Waals surface area contributed by atoms with Crippen LogP contribution in [0.5, 0.6) is 11.5 Å². The predicted octanol–water partition coefficient (Wildman–Crippen LogP) is 2.14. The number of benzene rings is 1. The molecule has 0 radical (unpaired) electrons. The first-order chi connectivity index (χ1) is 12.7. The number of likely N-dealkylation sites (tertiary alicyclic amines) is 1. The summed E-state index contributed by atoms with van der Waals surface area (Å²) in [7, 11) is 3.37. The molecule has 1 aromatic carbocycles. The Labute approximate surface area is 156 Å². The number of terminal acetylenes is 1. The highest BCUT2D eigenvalue weighted by Crippen LogP contribution is 2.28. The molecule has 0 bridgehead atoms. The summed E-state index contributed by atoms with van der Waals surface area (Å²) in [4.78, 5) is 7.09. The van der Waals surface area contributed by atoms with Gasteiger partial charge in [0, 0.05) is 32.7 Å². The van der Waals surface area contributed by atoms with Gasteiger partial charge in [0.25, 0.3) is 0 Å². The molecule has 0 spiro atoms. The fourth-order valence-corrected chi connectivity index (χ4v) is 3.04. The van der Waals surface area contributed by atoms with Crippen LogP contribution in [0.3, 0.4) is 0 Å². The highest BCUT2D eigenvalue weighted by molar-refractivity contribution is 5.80. The molecule has 1 fully saturated rings. The Morgan fingerprint density at radius 1 is 1.38 bits per heavy atom. The van der Waals surface area contributed by atoms with Gasteiger partial charge < -0.3 is 24.4 Å². The monoisotopic (exact) mass is 359 g/mol. The van der Waals surface area contributed by atoms with E-state index in [1.54, 1.807) is 14.2 Å². The van der Waals surface area contributed by atoms with Crippen LogP contribution in [0.4, 0.5) is 0 Å². The molecule has 26 heavy (non-hydrogen) atoms. The molecule has 1 aliphatic rings. The van der Waals surface area contributed by atoms with E-state index in [2.05, 4.69) is 23.1 Å². The number of hydrogen-bond donors (Lipinski definition) is 1. The van der Waals surface area contributed by atoms with E-state index in [0.29, 0.717) is 24.0 Å². The second kappa shape index (κ2) is 10.6. The standard InChI is InChI=1S/C20H29N3O3/c1-5-11-26-19-12-16(7-8-18(19)25-4)13-22-20(21-6-2)23-10-9-17(14-23)15-24-3/h1,7-8,12,17H,6,9-11,13-15H2,2-4H3,(H,21,22). The predicted molar refractivity (Wildman–Crippen MR) is 104 cm³/mol. The number of rotatable bonds is 8. The molecule has 1 N–H and O–H groups in total. The maximum absolute atomic E-state index is 5.56. The molecule has 1 aromatic rings. The third kappa shape index (κ3) is 5.57. The van der Waals surface area contributed by atoms with Crippen molar-refractivity contribution in [1.29, 1.82) is 0 Å². The van der Waals surface area contributed by atoms with E-state index in [1.807, 2.05) is 18.2 Å². The fraction of sp³-hybridized carbons (Fsp3) is 0.550. The molecule has 6 nitrogen and oxygen atoms in total. The van der Waals surface area contributed by atoms with Crippen molar-refractivity contribution in [2.45, 2.75) is 19.9 Å². The Morgan fingerprint density at radius 2 is 2.23 bits per heavy atom. The van der Waals surface area contributed by atoms with Gasteiger partial charge in [-0.05, 0) is 31.0 Å². The van der Waals surface area contributed by atoms with Gasteiger partial charge in [-0.25, -0.2) is 4.99 Å². The van der Waals surface area contributed by atoms with Gasteiger partial charge in [0.1, 0.15) is 6.61 Å². The topological polar surface area (TPSA) is 55.3 Å². The second-order valence-electron chi connectivity index (χ2n) is 6.20. The first-order valence-corrected chi connectivity index (χ1v) is 8.97. The van der Waals surface area contributed by atoms with Crippen LogP contribution in [0.15, 0.2) is 23.2 Å². The van der Waals surface area contributed by atoms with E-state index in [1.165, 1.54) is 0 Å². The van der Waals surface area contributed by atoms with Crippen LogP contribution in [0.2, 0.25) is 0 Å². The minimum atomic E-state index is 0.209. The Hall–Kier alpha value is -2.39. The number of aliphatic imine (C=N–C) groups is 1. The largest absolute Gasteiger partial charge is 0.493 e. The van der Waals surface area contributed by atoms with Gasteiger partial charge in [-0.2, -0.15) is 0 Å². The summed E-state index contributed by atoms with van der Waals surface area (Å²) in [6.45, 7) is 6.45. The molecule has 2 rings (SSSR count). The quantitative estimate of drug-likeness (QED) is 0.438. The van der Waals surface area contributed by atoms with Crippen molar-refractivity contribution in [1.82, 2.24) is 10.2 Å². The van der Waals surface area contributed by atoms with E-state index in [-0.39, 0.29) is 6.61 Å². The van der Waals surface area contributed by atoms with Crippen LogP contribution in [-0.2, 0) is 11.3 Å². The highest BCUT2D eigenvalue weighted by atomic mass is 16.5. The summed E-state index contributed by atoms with van der Waals surface area (Å²) in [5.41, 5.74) is 1.04. The third-order valence-corrected chi connectivity index (χ3v) is 4.27. The van der Waals surface area contributed by atoms with Crippen molar-refractivity contribution in [3.05, 3.63) is 23.8 Å². The second-order valence-corrected chi connectivity index (χ2v) is 6.20. The average molecular weight is 359 g/mol. The molecular formula is C20H29N3O3. The lowest BCUT2D eigenvalue weighted by molar-refractivity contribution is 0.157. The van der Waals surface area contributed by atoms with Crippen LogP contribution in [0.1, 0.15) is 18.9 Å². The molecule has 1 aliphatic heterocycles. The molecule has 6 heteroatoms. The summed E-state index contributed by atoms with van der Waals surface area (Å²) >= 11 is 0. The van der Waals surface area contributed by atoms with E-state index in [4.69, 9.17) is 25.6 Å². The zero-order valence-corrected chi connectivity index (χ0v) is 16.0. The molecule has 1 unspecified atom stereocenters. The van der Waals surface area contributed by atoms with Gasteiger partial charge in [-0.15, -0.1) is 6.42 Å². The zero-order chi connectivity index (χ0) is 18.8. The molecular weight excluding hydrogens is 330 g/mol. The Balaban J connectivity index is 2.08. The van der Waals surface area contributed by atoms with E-state index < -0.39 is 0 Å². The molecule has 1 heterocycles. The minimum absolute atomic E-state index is 0.209. The third-order valence-electron chi connectivity index (χ3n) is 4.27. The van der Waals surface area contributed by atoms with E-state index in [9.17, 15) is 0 Å². The molecule has 1 atom stereocenters. The Kier molecular flexibility index (Phi) is 8.10. The first kappa shape index (κ1) is 19.9. The summed E-state index contributed by atoms with van der Waals surface area (Å²) in [6.07, 6.45) is 6.41. The van der Waals surface area contributed by atoms with Crippen molar-refractivity contribution in [2.24, 2.45) is 10.9 Å². The SMILES string of the molecule is C#CCOc1cc(CN=C(NCC)N2CCC(COC)C2)ccc1OC. The van der Waals surface area contributed by atoms with Crippen LogP contribution < -0.4 is 14.8 Å². The van der Waals surface area contributed by atoms with Crippen LogP contribution in [0, 0.1) is 18.3 Å². The molecule has 142 valence electrons. The molecule has 0 aromatic heterocycles. The number of guanidine groups is 1. The lowest BCUT2D eigenvalue weighted by Gasteiger charge is -2.21. The van der Waals surface area contributed by atoms with Crippen LogP contribution in [0.25, 0.3) is 0 Å². The molecule has 0 amide bonds. The first-order valence-electron chi connectivity index (χ1n) is 8.97. The maximum Gasteiger partial charge on any atom is 0.194 e.